The number of nitrogens with zero attached hydrogens (tertiary/aromatic N) is 2. The summed E-state index contributed by atoms with van der Waals surface area (Å²) in [7, 11) is 0. The van der Waals surface area contributed by atoms with Crippen LogP contribution in [0.4, 0.5) is 10.1 Å². The van der Waals surface area contributed by atoms with Crippen LogP contribution in [0.1, 0.15) is 5.89 Å². The molecule has 1 aromatic heterocycles. The van der Waals surface area contributed by atoms with Crippen LogP contribution in [0.2, 0.25) is 5.02 Å². The molecule has 0 unspecified atom stereocenters. The van der Waals surface area contributed by atoms with Crippen LogP contribution in [-0.2, 0) is 6.42 Å². The molecule has 1 heterocycles. The second-order valence-corrected chi connectivity index (χ2v) is 5.61. The largest absolute Gasteiger partial charge is 0.420 e. The number of nitrogens with one attached hydrogen (secondary N) is 1. The average Bonchev–Trinajstić information content (AvgIpc) is 2.98. The molecule has 0 aliphatic heterocycles. The Morgan fingerprint density at radius 1 is 1.13 bits per heavy atom. The van der Waals surface area contributed by atoms with E-state index in [-0.39, 0.29) is 12.2 Å². The van der Waals surface area contributed by atoms with Gasteiger partial charge in [-0.2, -0.15) is 0 Å². The van der Waals surface area contributed by atoms with E-state index < -0.39 is 0 Å². The van der Waals surface area contributed by atoms with Crippen molar-refractivity contribution < 1.29 is 8.81 Å². The quantitative estimate of drug-likeness (QED) is 0.704. The van der Waals surface area contributed by atoms with Crippen LogP contribution in [0.5, 0.6) is 0 Å². The first-order valence-corrected chi connectivity index (χ1v) is 7.53. The van der Waals surface area contributed by atoms with Gasteiger partial charge in [-0.1, -0.05) is 36.0 Å². The summed E-state index contributed by atoms with van der Waals surface area (Å²) in [5.41, 5.74) is 1.37. The molecule has 0 fully saturated rings. The van der Waals surface area contributed by atoms with E-state index in [1.54, 1.807) is 24.3 Å². The lowest BCUT2D eigenvalue weighted by atomic mass is 10.2. The lowest BCUT2D eigenvalue weighted by Crippen LogP contribution is -2.12. The average molecular weight is 348 g/mol. The van der Waals surface area contributed by atoms with Gasteiger partial charge in [-0.15, -0.1) is 10.2 Å². The smallest absolute Gasteiger partial charge is 0.249 e. The Kier molecular flexibility index (Phi) is 4.64. The highest BCUT2D eigenvalue weighted by Gasteiger charge is 2.12. The maximum Gasteiger partial charge on any atom is 0.249 e. The summed E-state index contributed by atoms with van der Waals surface area (Å²) in [6.07, 6.45) is 0.282. The van der Waals surface area contributed by atoms with Crippen molar-refractivity contribution in [2.75, 3.05) is 5.32 Å². The predicted octanol–water partition coefficient (Wildman–Crippen LogP) is 4.51. The third kappa shape index (κ3) is 3.91. The molecule has 0 atom stereocenters. The number of benzene rings is 2. The summed E-state index contributed by atoms with van der Waals surface area (Å²) in [5, 5.41) is 11.5. The molecule has 116 valence electrons. The van der Waals surface area contributed by atoms with Crippen LogP contribution in [0.25, 0.3) is 11.5 Å². The summed E-state index contributed by atoms with van der Waals surface area (Å²) in [6.45, 7) is 0. The van der Waals surface area contributed by atoms with Crippen LogP contribution in [-0.4, -0.2) is 15.2 Å². The van der Waals surface area contributed by atoms with E-state index in [4.69, 9.17) is 28.2 Å². The highest BCUT2D eigenvalue weighted by Crippen LogP contribution is 2.26. The van der Waals surface area contributed by atoms with E-state index >= 15 is 0 Å². The summed E-state index contributed by atoms with van der Waals surface area (Å²) in [5.74, 6) is 0.414. The molecule has 3 aromatic rings. The topological polar surface area (TPSA) is 51.0 Å². The molecule has 2 aromatic carbocycles. The van der Waals surface area contributed by atoms with Gasteiger partial charge in [0, 0.05) is 5.69 Å². The van der Waals surface area contributed by atoms with Crippen molar-refractivity contribution in [1.82, 2.24) is 10.2 Å². The van der Waals surface area contributed by atoms with Crippen LogP contribution in [0, 0.1) is 5.82 Å². The minimum absolute atomic E-state index is 0.282. The molecule has 0 saturated carbocycles. The van der Waals surface area contributed by atoms with Crippen molar-refractivity contribution in [3.8, 4) is 11.5 Å². The normalized spacial score (nSPS) is 10.5. The van der Waals surface area contributed by atoms with Gasteiger partial charge in [-0.05, 0) is 36.4 Å². The van der Waals surface area contributed by atoms with E-state index in [0.717, 1.165) is 0 Å². The van der Waals surface area contributed by atoms with E-state index in [0.29, 0.717) is 33.0 Å². The predicted molar refractivity (Wildman–Crippen MR) is 91.1 cm³/mol. The maximum absolute atomic E-state index is 12.9. The number of hydrogen-bond acceptors (Lipinski definition) is 4. The minimum atomic E-state index is -0.303. The van der Waals surface area contributed by atoms with Gasteiger partial charge in [0.25, 0.3) is 0 Å². The first-order valence-electron chi connectivity index (χ1n) is 6.74. The van der Waals surface area contributed by atoms with Crippen molar-refractivity contribution in [1.29, 1.82) is 0 Å². The van der Waals surface area contributed by atoms with Gasteiger partial charge in [0.05, 0.1) is 22.0 Å². The Labute approximate surface area is 142 Å². The van der Waals surface area contributed by atoms with E-state index in [9.17, 15) is 4.39 Å². The van der Waals surface area contributed by atoms with Crippen molar-refractivity contribution in [3.63, 3.8) is 0 Å². The van der Waals surface area contributed by atoms with Crippen LogP contribution < -0.4 is 5.32 Å². The highest BCUT2D eigenvalue weighted by molar-refractivity contribution is 7.80. The van der Waals surface area contributed by atoms with Gasteiger partial charge >= 0.3 is 0 Å². The first-order chi connectivity index (χ1) is 11.1. The van der Waals surface area contributed by atoms with Crippen molar-refractivity contribution in [2.45, 2.75) is 6.42 Å². The van der Waals surface area contributed by atoms with Crippen molar-refractivity contribution >= 4 is 34.5 Å². The Bertz CT molecular complexity index is 835. The van der Waals surface area contributed by atoms with Gasteiger partial charge in [-0.3, -0.25) is 0 Å². The van der Waals surface area contributed by atoms with Crippen molar-refractivity contribution in [2.24, 2.45) is 0 Å². The molecule has 0 aliphatic carbocycles. The zero-order valence-electron chi connectivity index (χ0n) is 11.8. The van der Waals surface area contributed by atoms with Gasteiger partial charge in [0.1, 0.15) is 5.82 Å². The fraction of sp³-hybridized carbons (Fsp3) is 0.0625. The molecule has 4 nitrogen and oxygen atoms in total. The fourth-order valence-corrected chi connectivity index (χ4v) is 2.40. The Balaban J connectivity index is 1.68. The number of halogens is 2. The number of aromatic nitrogens is 2. The van der Waals surface area contributed by atoms with Gasteiger partial charge < -0.3 is 9.73 Å². The lowest BCUT2D eigenvalue weighted by Gasteiger charge is -2.05. The number of hydrogen-bond donors (Lipinski definition) is 1. The summed E-state index contributed by atoms with van der Waals surface area (Å²) in [6, 6.07) is 13.1. The monoisotopic (exact) mass is 347 g/mol. The Hall–Kier alpha value is -2.31. The highest BCUT2D eigenvalue weighted by atomic mass is 35.5. The third-order valence-corrected chi connectivity index (χ3v) is 3.59. The van der Waals surface area contributed by atoms with Gasteiger partial charge in [0.15, 0.2) is 0 Å². The standard InChI is InChI=1S/C16H11ClFN3OS/c17-13-4-2-1-3-12(13)16-21-20-14(22-16)9-15(23)19-11-7-5-10(18)6-8-11/h1-8H,9H2,(H,19,23). The van der Waals surface area contributed by atoms with Crippen LogP contribution in [0.3, 0.4) is 0 Å². The Morgan fingerprint density at radius 2 is 1.87 bits per heavy atom. The third-order valence-electron chi connectivity index (χ3n) is 3.01. The van der Waals surface area contributed by atoms with E-state index in [1.165, 1.54) is 12.1 Å². The zero-order valence-corrected chi connectivity index (χ0v) is 13.4. The Morgan fingerprint density at radius 3 is 2.61 bits per heavy atom. The second kappa shape index (κ2) is 6.85. The molecule has 0 aliphatic rings. The SMILES string of the molecule is Fc1ccc(NC(=S)Cc2nnc(-c3ccccc3Cl)o2)cc1. The van der Waals surface area contributed by atoms with E-state index in [1.807, 2.05) is 12.1 Å². The molecule has 23 heavy (non-hydrogen) atoms. The van der Waals surface area contributed by atoms with Crippen molar-refractivity contribution in [3.05, 3.63) is 65.3 Å². The molecule has 7 heteroatoms. The van der Waals surface area contributed by atoms with Gasteiger partial charge in [0.2, 0.25) is 11.8 Å². The van der Waals surface area contributed by atoms with E-state index in [2.05, 4.69) is 15.5 Å². The maximum atomic E-state index is 12.9. The van der Waals surface area contributed by atoms with Gasteiger partial charge in [-0.25, -0.2) is 4.39 Å². The zero-order chi connectivity index (χ0) is 16.2. The molecule has 0 bridgehead atoms. The molecule has 0 radical (unpaired) electrons. The van der Waals surface area contributed by atoms with Crippen LogP contribution in [0.15, 0.2) is 52.9 Å². The molecule has 0 saturated heterocycles. The van der Waals surface area contributed by atoms with Crippen LogP contribution >= 0.6 is 23.8 Å². The lowest BCUT2D eigenvalue weighted by molar-refractivity contribution is 0.525. The molecule has 0 spiro atoms. The molecular weight excluding hydrogens is 337 g/mol. The second-order valence-electron chi connectivity index (χ2n) is 4.71. The first kappa shape index (κ1) is 15.6. The number of thiocarbonyl (C=S) groups is 1. The summed E-state index contributed by atoms with van der Waals surface area (Å²) in [4.78, 5) is 0.492. The molecule has 3 rings (SSSR count). The minimum Gasteiger partial charge on any atom is -0.420 e. The summed E-state index contributed by atoms with van der Waals surface area (Å²) < 4.78 is 18.4. The fourth-order valence-electron chi connectivity index (χ4n) is 1.94. The molecule has 1 N–H and O–H groups in total. The molecular formula is C16H11ClFN3OS. The number of anilines is 1. The molecule has 0 amide bonds. The number of rotatable bonds is 4. The summed E-state index contributed by atoms with van der Waals surface area (Å²) >= 11 is 11.3.